The van der Waals surface area contributed by atoms with Crippen LogP contribution in [0.4, 0.5) is 0 Å². The second-order valence-corrected chi connectivity index (χ2v) is 4.05. The Morgan fingerprint density at radius 2 is 1.94 bits per heavy atom. The van der Waals surface area contributed by atoms with Crippen molar-refractivity contribution in [2.24, 2.45) is 5.92 Å². The molecular formula is C11H21NO4. The van der Waals surface area contributed by atoms with Crippen LogP contribution in [0.15, 0.2) is 0 Å². The molecule has 5 nitrogen and oxygen atoms in total. The highest BCUT2D eigenvalue weighted by molar-refractivity contribution is 5.75. The average Bonchev–Trinajstić information content (AvgIpc) is 2.21. The van der Waals surface area contributed by atoms with Crippen molar-refractivity contribution in [1.82, 2.24) is 5.32 Å². The summed E-state index contributed by atoms with van der Waals surface area (Å²) in [5.74, 6) is -0.895. The maximum Gasteiger partial charge on any atom is 0.323 e. The highest BCUT2D eigenvalue weighted by Gasteiger charge is 2.21. The molecule has 1 unspecified atom stereocenters. The number of carbonyl (C=O) groups excluding carboxylic acids is 1. The molecule has 0 amide bonds. The lowest BCUT2D eigenvalue weighted by Gasteiger charge is -2.19. The van der Waals surface area contributed by atoms with Crippen LogP contribution in [-0.2, 0) is 14.3 Å². The molecule has 0 spiro atoms. The van der Waals surface area contributed by atoms with E-state index >= 15 is 0 Å². The first-order chi connectivity index (χ1) is 7.49. The summed E-state index contributed by atoms with van der Waals surface area (Å²) in [5.41, 5.74) is 0. The van der Waals surface area contributed by atoms with Gasteiger partial charge in [0.05, 0.1) is 7.11 Å². The molecule has 0 aliphatic carbocycles. The fourth-order valence-corrected chi connectivity index (χ4v) is 1.38. The lowest BCUT2D eigenvalue weighted by molar-refractivity contribution is -0.144. The lowest BCUT2D eigenvalue weighted by atomic mass is 10.0. The third kappa shape index (κ3) is 6.40. The Labute approximate surface area is 96.2 Å². The van der Waals surface area contributed by atoms with Gasteiger partial charge < -0.3 is 15.2 Å². The zero-order chi connectivity index (χ0) is 12.6. The van der Waals surface area contributed by atoms with E-state index in [1.807, 2.05) is 13.8 Å². The molecule has 0 fully saturated rings. The van der Waals surface area contributed by atoms with Crippen molar-refractivity contribution in [1.29, 1.82) is 0 Å². The van der Waals surface area contributed by atoms with Gasteiger partial charge in [0, 0.05) is 6.42 Å². The summed E-state index contributed by atoms with van der Waals surface area (Å²) < 4.78 is 4.67. The number of ether oxygens (including phenoxy) is 1. The summed E-state index contributed by atoms with van der Waals surface area (Å²) in [7, 11) is 1.36. The van der Waals surface area contributed by atoms with E-state index < -0.39 is 5.97 Å². The predicted molar refractivity (Wildman–Crippen MR) is 60.1 cm³/mol. The fraction of sp³-hybridized carbons (Fsp3) is 0.818. The molecule has 0 aromatic heterocycles. The summed E-state index contributed by atoms with van der Waals surface area (Å²) in [6, 6.07) is -0.310. The first kappa shape index (κ1) is 14.9. The van der Waals surface area contributed by atoms with Gasteiger partial charge in [-0.05, 0) is 25.3 Å². The van der Waals surface area contributed by atoms with E-state index in [0.29, 0.717) is 13.0 Å². The summed E-state index contributed by atoms with van der Waals surface area (Å²) in [5, 5.41) is 11.5. The molecule has 1 atom stereocenters. The summed E-state index contributed by atoms with van der Waals surface area (Å²) in [4.78, 5) is 21.6. The van der Waals surface area contributed by atoms with Gasteiger partial charge >= 0.3 is 11.9 Å². The number of unbranched alkanes of at least 4 members (excludes halogenated alkanes) is 1. The minimum atomic E-state index is -0.784. The van der Waals surface area contributed by atoms with Gasteiger partial charge in [-0.15, -0.1) is 0 Å². The molecule has 0 saturated heterocycles. The molecule has 2 N–H and O–H groups in total. The summed E-state index contributed by atoms with van der Waals surface area (Å²) in [6.07, 6.45) is 1.53. The van der Waals surface area contributed by atoms with Crippen LogP contribution in [0.5, 0.6) is 0 Å². The molecule has 0 aliphatic heterocycles. The Kier molecular flexibility index (Phi) is 7.54. The van der Waals surface area contributed by atoms with Crippen molar-refractivity contribution in [3.63, 3.8) is 0 Å². The topological polar surface area (TPSA) is 75.6 Å². The lowest BCUT2D eigenvalue weighted by Crippen LogP contribution is -2.42. The molecule has 5 heteroatoms. The Balaban J connectivity index is 3.77. The summed E-state index contributed by atoms with van der Waals surface area (Å²) in [6.45, 7) is 4.50. The van der Waals surface area contributed by atoms with E-state index in [4.69, 9.17) is 5.11 Å². The van der Waals surface area contributed by atoms with Gasteiger partial charge in [-0.2, -0.15) is 0 Å². The molecule has 94 valence electrons. The molecule has 0 radical (unpaired) electrons. The van der Waals surface area contributed by atoms with E-state index in [1.165, 1.54) is 7.11 Å². The van der Waals surface area contributed by atoms with Gasteiger partial charge in [0.15, 0.2) is 0 Å². The SMILES string of the molecule is COC(=O)C(NCCCCC(=O)O)C(C)C. The van der Waals surface area contributed by atoms with Gasteiger partial charge in [0.1, 0.15) is 6.04 Å². The van der Waals surface area contributed by atoms with Crippen LogP contribution < -0.4 is 5.32 Å². The molecule has 0 aromatic carbocycles. The minimum absolute atomic E-state index is 0.159. The number of hydrogen-bond donors (Lipinski definition) is 2. The maximum atomic E-state index is 11.3. The summed E-state index contributed by atoms with van der Waals surface area (Å²) >= 11 is 0. The maximum absolute atomic E-state index is 11.3. The Morgan fingerprint density at radius 3 is 2.38 bits per heavy atom. The number of carbonyl (C=O) groups is 2. The quantitative estimate of drug-likeness (QED) is 0.482. The second kappa shape index (κ2) is 8.10. The number of carboxylic acid groups (broad SMARTS) is 1. The molecule has 0 aliphatic rings. The predicted octanol–water partition coefficient (Wildman–Crippen LogP) is 1.03. The van der Waals surface area contributed by atoms with Crippen LogP contribution in [-0.4, -0.2) is 36.7 Å². The van der Waals surface area contributed by atoms with Crippen molar-refractivity contribution in [3.8, 4) is 0 Å². The number of aliphatic carboxylic acids is 1. The first-order valence-corrected chi connectivity index (χ1v) is 5.52. The van der Waals surface area contributed by atoms with Crippen molar-refractivity contribution >= 4 is 11.9 Å². The van der Waals surface area contributed by atoms with Crippen LogP contribution >= 0.6 is 0 Å². The van der Waals surface area contributed by atoms with Crippen LogP contribution in [0.25, 0.3) is 0 Å². The molecule has 0 bridgehead atoms. The minimum Gasteiger partial charge on any atom is -0.481 e. The zero-order valence-corrected chi connectivity index (χ0v) is 10.2. The van der Waals surface area contributed by atoms with Crippen molar-refractivity contribution < 1.29 is 19.4 Å². The molecular weight excluding hydrogens is 210 g/mol. The first-order valence-electron chi connectivity index (χ1n) is 5.52. The van der Waals surface area contributed by atoms with Crippen LogP contribution in [0, 0.1) is 5.92 Å². The van der Waals surface area contributed by atoms with Gasteiger partial charge in [0.25, 0.3) is 0 Å². The molecule has 0 saturated carbocycles. The second-order valence-electron chi connectivity index (χ2n) is 4.05. The van der Waals surface area contributed by atoms with E-state index in [9.17, 15) is 9.59 Å². The standard InChI is InChI=1S/C11H21NO4/c1-8(2)10(11(15)16-3)12-7-5-4-6-9(13)14/h8,10,12H,4-7H2,1-3H3,(H,13,14). The van der Waals surface area contributed by atoms with Crippen LogP contribution in [0.2, 0.25) is 0 Å². The number of hydrogen-bond acceptors (Lipinski definition) is 4. The fourth-order valence-electron chi connectivity index (χ4n) is 1.38. The largest absolute Gasteiger partial charge is 0.481 e. The Morgan fingerprint density at radius 1 is 1.31 bits per heavy atom. The van der Waals surface area contributed by atoms with Gasteiger partial charge in [0.2, 0.25) is 0 Å². The van der Waals surface area contributed by atoms with E-state index in [-0.39, 0.29) is 24.3 Å². The van der Waals surface area contributed by atoms with Crippen LogP contribution in [0.1, 0.15) is 33.1 Å². The highest BCUT2D eigenvalue weighted by Crippen LogP contribution is 2.04. The van der Waals surface area contributed by atoms with Crippen molar-refractivity contribution in [3.05, 3.63) is 0 Å². The van der Waals surface area contributed by atoms with E-state index in [0.717, 1.165) is 6.42 Å². The highest BCUT2D eigenvalue weighted by atomic mass is 16.5. The van der Waals surface area contributed by atoms with Gasteiger partial charge in [-0.1, -0.05) is 13.8 Å². The molecule has 0 rings (SSSR count). The van der Waals surface area contributed by atoms with Crippen molar-refractivity contribution in [2.75, 3.05) is 13.7 Å². The number of nitrogens with one attached hydrogen (secondary N) is 1. The third-order valence-electron chi connectivity index (χ3n) is 2.30. The number of rotatable bonds is 8. The van der Waals surface area contributed by atoms with Gasteiger partial charge in [-0.25, -0.2) is 0 Å². The van der Waals surface area contributed by atoms with E-state index in [2.05, 4.69) is 10.1 Å². The zero-order valence-electron chi connectivity index (χ0n) is 10.2. The van der Waals surface area contributed by atoms with Crippen molar-refractivity contribution in [2.45, 2.75) is 39.2 Å². The smallest absolute Gasteiger partial charge is 0.323 e. The number of methoxy groups -OCH3 is 1. The number of carboxylic acids is 1. The molecule has 0 aromatic rings. The third-order valence-corrected chi connectivity index (χ3v) is 2.30. The molecule has 0 heterocycles. The molecule has 16 heavy (non-hydrogen) atoms. The van der Waals surface area contributed by atoms with E-state index in [1.54, 1.807) is 0 Å². The van der Waals surface area contributed by atoms with Gasteiger partial charge in [-0.3, -0.25) is 9.59 Å². The Hall–Kier alpha value is -1.10. The number of esters is 1. The van der Waals surface area contributed by atoms with Crippen LogP contribution in [0.3, 0.4) is 0 Å². The average molecular weight is 231 g/mol. The monoisotopic (exact) mass is 231 g/mol. The normalized spacial score (nSPS) is 12.5. The Bertz CT molecular complexity index is 228.